The van der Waals surface area contributed by atoms with E-state index in [2.05, 4.69) is 29.7 Å². The summed E-state index contributed by atoms with van der Waals surface area (Å²) in [4.78, 5) is 19.3. The molecule has 8 heteroatoms. The highest BCUT2D eigenvalue weighted by molar-refractivity contribution is 5.90. The van der Waals surface area contributed by atoms with Gasteiger partial charge >= 0.3 is 0 Å². The van der Waals surface area contributed by atoms with Crippen molar-refractivity contribution >= 4 is 22.8 Å². The number of anilines is 2. The van der Waals surface area contributed by atoms with Crippen LogP contribution in [-0.4, -0.2) is 71.7 Å². The summed E-state index contributed by atoms with van der Waals surface area (Å²) in [7, 11) is 0. The lowest BCUT2D eigenvalue weighted by Crippen LogP contribution is -2.45. The molecule has 0 unspecified atom stereocenters. The standard InChI is InChI=1S/C24H29N5O3/c1-16-15-31-11-10-29(16)23-20-7-8-21(19-5-3-18(14-30)4-6-19)25-22(20)26-24(27-23)28-9-12-32-17(2)13-28/h3-8,16-17,30H,9-15H2,1-2H3/t16-,17-/m0/s1. The van der Waals surface area contributed by atoms with Gasteiger partial charge in [-0.1, -0.05) is 24.3 Å². The van der Waals surface area contributed by atoms with E-state index in [-0.39, 0.29) is 18.8 Å². The van der Waals surface area contributed by atoms with Gasteiger partial charge in [-0.25, -0.2) is 4.98 Å². The molecule has 0 saturated carbocycles. The lowest BCUT2D eigenvalue weighted by atomic mass is 10.1. The molecule has 0 bridgehead atoms. The van der Waals surface area contributed by atoms with Gasteiger partial charge in [0.1, 0.15) is 5.82 Å². The maximum absolute atomic E-state index is 9.33. The monoisotopic (exact) mass is 435 g/mol. The second-order valence-electron chi connectivity index (χ2n) is 8.51. The quantitative estimate of drug-likeness (QED) is 0.670. The molecule has 2 atom stereocenters. The molecule has 2 aromatic heterocycles. The Bertz CT molecular complexity index is 1090. The van der Waals surface area contributed by atoms with Crippen LogP contribution in [0.2, 0.25) is 0 Å². The first-order valence-corrected chi connectivity index (χ1v) is 11.2. The number of benzene rings is 1. The van der Waals surface area contributed by atoms with E-state index in [9.17, 15) is 5.11 Å². The minimum atomic E-state index is 0.0288. The molecule has 0 radical (unpaired) electrons. The fourth-order valence-corrected chi connectivity index (χ4v) is 4.33. The maximum Gasteiger partial charge on any atom is 0.229 e. The summed E-state index contributed by atoms with van der Waals surface area (Å²) in [6.45, 7) is 8.59. The Morgan fingerprint density at radius 2 is 1.84 bits per heavy atom. The number of aliphatic hydroxyl groups excluding tert-OH is 1. The molecule has 4 heterocycles. The van der Waals surface area contributed by atoms with Crippen LogP contribution in [0.5, 0.6) is 0 Å². The van der Waals surface area contributed by atoms with Gasteiger partial charge in [-0.2, -0.15) is 9.97 Å². The van der Waals surface area contributed by atoms with E-state index < -0.39 is 0 Å². The highest BCUT2D eigenvalue weighted by atomic mass is 16.5. The number of fused-ring (bicyclic) bond motifs is 1. The first-order chi connectivity index (χ1) is 15.6. The van der Waals surface area contributed by atoms with Crippen LogP contribution in [0, 0.1) is 0 Å². The Morgan fingerprint density at radius 3 is 2.59 bits per heavy atom. The summed E-state index contributed by atoms with van der Waals surface area (Å²) in [5.74, 6) is 1.61. The van der Waals surface area contributed by atoms with Crippen LogP contribution in [0.25, 0.3) is 22.3 Å². The number of pyridine rings is 1. The topological polar surface area (TPSA) is 83.8 Å². The smallest absolute Gasteiger partial charge is 0.229 e. The van der Waals surface area contributed by atoms with Gasteiger partial charge in [0.15, 0.2) is 5.65 Å². The Morgan fingerprint density at radius 1 is 1.00 bits per heavy atom. The first kappa shape index (κ1) is 21.1. The minimum absolute atomic E-state index is 0.0288. The van der Waals surface area contributed by atoms with E-state index in [1.54, 1.807) is 0 Å². The van der Waals surface area contributed by atoms with Crippen molar-refractivity contribution in [1.29, 1.82) is 0 Å². The van der Waals surface area contributed by atoms with Crippen molar-refractivity contribution in [3.8, 4) is 11.3 Å². The predicted octanol–water partition coefficient (Wildman–Crippen LogP) is 2.63. The van der Waals surface area contributed by atoms with E-state index in [0.717, 1.165) is 47.7 Å². The molecule has 2 aliphatic heterocycles. The molecule has 2 fully saturated rings. The molecule has 32 heavy (non-hydrogen) atoms. The Kier molecular flexibility index (Phi) is 5.91. The molecule has 0 aliphatic carbocycles. The second kappa shape index (κ2) is 8.97. The SMILES string of the molecule is C[C@H]1CN(c2nc(N3CCOC[C@@H]3C)c3ccc(-c4ccc(CO)cc4)nc3n2)CCO1. The first-order valence-electron chi connectivity index (χ1n) is 11.2. The van der Waals surface area contributed by atoms with Gasteiger partial charge in [0.25, 0.3) is 0 Å². The zero-order valence-electron chi connectivity index (χ0n) is 18.6. The molecule has 1 N–H and O–H groups in total. The maximum atomic E-state index is 9.33. The number of nitrogens with zero attached hydrogens (tertiary/aromatic N) is 5. The number of aromatic nitrogens is 3. The van der Waals surface area contributed by atoms with Gasteiger partial charge in [-0.3, -0.25) is 0 Å². The van der Waals surface area contributed by atoms with Crippen LogP contribution in [0.15, 0.2) is 36.4 Å². The van der Waals surface area contributed by atoms with Crippen molar-refractivity contribution in [3.05, 3.63) is 42.0 Å². The highest BCUT2D eigenvalue weighted by Gasteiger charge is 2.26. The normalized spacial score (nSPS) is 21.8. The van der Waals surface area contributed by atoms with E-state index in [1.165, 1.54) is 0 Å². The average molecular weight is 436 g/mol. The van der Waals surface area contributed by atoms with Gasteiger partial charge in [0.2, 0.25) is 5.95 Å². The molecular weight excluding hydrogens is 406 g/mol. The van der Waals surface area contributed by atoms with E-state index in [4.69, 9.17) is 24.4 Å². The Hall–Kier alpha value is -2.81. The largest absolute Gasteiger partial charge is 0.392 e. The van der Waals surface area contributed by atoms with Crippen LogP contribution in [0.4, 0.5) is 11.8 Å². The summed E-state index contributed by atoms with van der Waals surface area (Å²) in [6, 6.07) is 12.1. The fourth-order valence-electron chi connectivity index (χ4n) is 4.33. The fraction of sp³-hybridized carbons (Fsp3) is 0.458. The third-order valence-corrected chi connectivity index (χ3v) is 6.12. The van der Waals surface area contributed by atoms with Crippen molar-refractivity contribution in [2.24, 2.45) is 0 Å². The predicted molar refractivity (Wildman–Crippen MR) is 124 cm³/mol. The van der Waals surface area contributed by atoms with Crippen molar-refractivity contribution < 1.29 is 14.6 Å². The van der Waals surface area contributed by atoms with Crippen molar-refractivity contribution in [2.75, 3.05) is 49.3 Å². The summed E-state index contributed by atoms with van der Waals surface area (Å²) >= 11 is 0. The van der Waals surface area contributed by atoms with Crippen molar-refractivity contribution in [2.45, 2.75) is 32.6 Å². The molecule has 0 amide bonds. The molecule has 8 nitrogen and oxygen atoms in total. The highest BCUT2D eigenvalue weighted by Crippen LogP contribution is 2.31. The van der Waals surface area contributed by atoms with Gasteiger partial charge in [0, 0.05) is 25.2 Å². The molecule has 3 aromatic rings. The summed E-state index contributed by atoms with van der Waals surface area (Å²) in [5.41, 5.74) is 3.41. The number of hydrogen-bond acceptors (Lipinski definition) is 8. The van der Waals surface area contributed by atoms with Crippen LogP contribution < -0.4 is 9.80 Å². The zero-order valence-corrected chi connectivity index (χ0v) is 18.6. The second-order valence-corrected chi connectivity index (χ2v) is 8.51. The molecule has 5 rings (SSSR count). The number of rotatable bonds is 4. The van der Waals surface area contributed by atoms with Crippen LogP contribution in [0.3, 0.4) is 0 Å². The van der Waals surface area contributed by atoms with Crippen LogP contribution >= 0.6 is 0 Å². The molecule has 2 aliphatic rings. The van der Waals surface area contributed by atoms with Gasteiger partial charge in [-0.05, 0) is 31.5 Å². The minimum Gasteiger partial charge on any atom is -0.392 e. The van der Waals surface area contributed by atoms with Crippen LogP contribution in [-0.2, 0) is 16.1 Å². The molecule has 0 spiro atoms. The molecule has 168 valence electrons. The lowest BCUT2D eigenvalue weighted by molar-refractivity contribution is 0.0526. The van der Waals surface area contributed by atoms with Gasteiger partial charge in [-0.15, -0.1) is 0 Å². The molecule has 1 aromatic carbocycles. The molecular formula is C24H29N5O3. The summed E-state index contributed by atoms with van der Waals surface area (Å²) < 4.78 is 11.4. The summed E-state index contributed by atoms with van der Waals surface area (Å²) in [5, 5.41) is 10.3. The Labute approximate surface area is 187 Å². The average Bonchev–Trinajstić information content (AvgIpc) is 2.83. The number of ether oxygens (including phenoxy) is 2. The van der Waals surface area contributed by atoms with Gasteiger partial charge < -0.3 is 24.4 Å². The summed E-state index contributed by atoms with van der Waals surface area (Å²) in [6.07, 6.45) is 0.137. The van der Waals surface area contributed by atoms with Crippen molar-refractivity contribution in [1.82, 2.24) is 15.0 Å². The lowest BCUT2D eigenvalue weighted by Gasteiger charge is -2.36. The van der Waals surface area contributed by atoms with Gasteiger partial charge in [0.05, 0.1) is 49.7 Å². The number of morpholine rings is 2. The van der Waals surface area contributed by atoms with Crippen LogP contribution in [0.1, 0.15) is 19.4 Å². The Balaban J connectivity index is 1.61. The van der Waals surface area contributed by atoms with Crippen molar-refractivity contribution in [3.63, 3.8) is 0 Å². The number of hydrogen-bond donors (Lipinski definition) is 1. The van der Waals surface area contributed by atoms with E-state index >= 15 is 0 Å². The van der Waals surface area contributed by atoms with E-state index in [0.29, 0.717) is 31.4 Å². The number of aliphatic hydroxyl groups is 1. The third-order valence-electron chi connectivity index (χ3n) is 6.12. The zero-order chi connectivity index (χ0) is 22.1. The third kappa shape index (κ3) is 4.13. The van der Waals surface area contributed by atoms with E-state index in [1.807, 2.05) is 30.3 Å². The molecule has 2 saturated heterocycles.